The molecule has 0 radical (unpaired) electrons. The van der Waals surface area contributed by atoms with E-state index in [9.17, 15) is 8.42 Å². The Labute approximate surface area is 141 Å². The summed E-state index contributed by atoms with van der Waals surface area (Å²) >= 11 is 11.9. The smallest absolute Gasteiger partial charge is 0.207 e. The van der Waals surface area contributed by atoms with Crippen LogP contribution in [0.3, 0.4) is 0 Å². The van der Waals surface area contributed by atoms with Crippen LogP contribution in [-0.2, 0) is 16.4 Å². The first-order chi connectivity index (χ1) is 10.5. The van der Waals surface area contributed by atoms with Gasteiger partial charge in [0.1, 0.15) is 0 Å². The summed E-state index contributed by atoms with van der Waals surface area (Å²) in [5, 5.41) is 0.541. The van der Waals surface area contributed by atoms with Crippen molar-refractivity contribution in [2.75, 3.05) is 6.00 Å². The van der Waals surface area contributed by atoms with Gasteiger partial charge in [-0.25, -0.2) is 8.42 Å². The molecule has 0 atom stereocenters. The first kappa shape index (κ1) is 17.3. The molecule has 6 heteroatoms. The maximum Gasteiger partial charge on any atom is 0.241 e. The minimum absolute atomic E-state index is 0.169. The highest BCUT2D eigenvalue weighted by atomic mass is 35.5. The molecule has 118 valence electrons. The molecule has 3 nitrogen and oxygen atoms in total. The molecule has 0 saturated carbocycles. The molecule has 0 bridgehead atoms. The Morgan fingerprint density at radius 1 is 1.09 bits per heavy atom. The summed E-state index contributed by atoms with van der Waals surface area (Å²) in [5.41, 5.74) is 2.39. The van der Waals surface area contributed by atoms with E-state index in [1.807, 2.05) is 37.3 Å². The lowest BCUT2D eigenvalue weighted by atomic mass is 9.96. The lowest BCUT2D eigenvalue weighted by Crippen LogP contribution is -2.23. The number of benzene rings is 2. The third-order valence-corrected chi connectivity index (χ3v) is 5.41. The van der Waals surface area contributed by atoms with Crippen LogP contribution in [0.2, 0.25) is 5.02 Å². The van der Waals surface area contributed by atoms with Crippen LogP contribution in [0.15, 0.2) is 47.4 Å². The number of hydrogen-bond acceptors (Lipinski definition) is 2. The van der Waals surface area contributed by atoms with Crippen LogP contribution in [-0.4, -0.2) is 14.4 Å². The third kappa shape index (κ3) is 3.63. The van der Waals surface area contributed by atoms with Crippen LogP contribution in [0.4, 0.5) is 0 Å². The van der Waals surface area contributed by atoms with E-state index in [0.29, 0.717) is 11.4 Å². The highest BCUT2D eigenvalue weighted by molar-refractivity contribution is 7.89. The first-order valence-electron chi connectivity index (χ1n) is 6.93. The average molecular weight is 358 g/mol. The van der Waals surface area contributed by atoms with Crippen LogP contribution in [0, 0.1) is 0 Å². The van der Waals surface area contributed by atoms with Crippen molar-refractivity contribution < 1.29 is 8.42 Å². The van der Waals surface area contributed by atoms with E-state index >= 15 is 0 Å². The SMILES string of the molecule is CCCc1c(S(=O)(=O)NCCl)ccc(Cl)c1-c1ccccc1. The second-order valence-electron chi connectivity index (χ2n) is 4.80. The van der Waals surface area contributed by atoms with Gasteiger partial charge in [0.2, 0.25) is 10.0 Å². The van der Waals surface area contributed by atoms with E-state index in [1.54, 1.807) is 6.07 Å². The fraction of sp³-hybridized carbons (Fsp3) is 0.250. The summed E-state index contributed by atoms with van der Waals surface area (Å²) in [6, 6.07) is 12.5. The molecule has 0 fully saturated rings. The van der Waals surface area contributed by atoms with Crippen LogP contribution in [0.5, 0.6) is 0 Å². The number of alkyl halides is 1. The summed E-state index contributed by atoms with van der Waals surface area (Å²) in [6.07, 6.45) is 1.42. The molecule has 2 aromatic carbocycles. The topological polar surface area (TPSA) is 46.2 Å². The highest BCUT2D eigenvalue weighted by Crippen LogP contribution is 2.36. The normalized spacial score (nSPS) is 11.6. The van der Waals surface area contributed by atoms with Crippen molar-refractivity contribution in [1.82, 2.24) is 4.72 Å². The Balaban J connectivity index is 2.73. The Kier molecular flexibility index (Phi) is 5.87. The molecule has 0 amide bonds. The predicted octanol–water partition coefficient (Wildman–Crippen LogP) is 4.43. The summed E-state index contributed by atoms with van der Waals surface area (Å²) in [5.74, 6) is 0. The van der Waals surface area contributed by atoms with Crippen LogP contribution in [0.1, 0.15) is 18.9 Å². The van der Waals surface area contributed by atoms with E-state index < -0.39 is 10.0 Å². The predicted molar refractivity (Wildman–Crippen MR) is 91.9 cm³/mol. The van der Waals surface area contributed by atoms with Gasteiger partial charge in [-0.1, -0.05) is 55.3 Å². The van der Waals surface area contributed by atoms with Gasteiger partial charge in [0.15, 0.2) is 0 Å². The zero-order valence-electron chi connectivity index (χ0n) is 12.1. The lowest BCUT2D eigenvalue weighted by molar-refractivity contribution is 0.585. The van der Waals surface area contributed by atoms with Crippen molar-refractivity contribution in [3.63, 3.8) is 0 Å². The molecule has 2 aromatic rings. The summed E-state index contributed by atoms with van der Waals surface area (Å²) in [7, 11) is -3.65. The van der Waals surface area contributed by atoms with Gasteiger partial charge in [-0.15, -0.1) is 11.6 Å². The van der Waals surface area contributed by atoms with Crippen molar-refractivity contribution in [2.24, 2.45) is 0 Å². The van der Waals surface area contributed by atoms with Gasteiger partial charge in [-0.05, 0) is 29.7 Å². The number of halogens is 2. The molecule has 0 spiro atoms. The largest absolute Gasteiger partial charge is 0.241 e. The fourth-order valence-electron chi connectivity index (χ4n) is 2.42. The fourth-order valence-corrected chi connectivity index (χ4v) is 4.21. The molecule has 22 heavy (non-hydrogen) atoms. The van der Waals surface area contributed by atoms with Crippen molar-refractivity contribution in [2.45, 2.75) is 24.7 Å². The zero-order valence-corrected chi connectivity index (χ0v) is 14.5. The summed E-state index contributed by atoms with van der Waals surface area (Å²) < 4.78 is 27.1. The molecule has 0 saturated heterocycles. The molecule has 0 heterocycles. The molecule has 0 aliphatic heterocycles. The molecule has 0 aromatic heterocycles. The van der Waals surface area contributed by atoms with Crippen LogP contribution < -0.4 is 4.72 Å². The minimum atomic E-state index is -3.65. The van der Waals surface area contributed by atoms with E-state index in [2.05, 4.69) is 4.72 Å². The summed E-state index contributed by atoms with van der Waals surface area (Å²) in [6.45, 7) is 2.00. The maximum atomic E-state index is 12.4. The maximum absolute atomic E-state index is 12.4. The quantitative estimate of drug-likeness (QED) is 0.613. The molecule has 0 aliphatic carbocycles. The van der Waals surface area contributed by atoms with Crippen LogP contribution in [0.25, 0.3) is 11.1 Å². The molecular formula is C16H17Cl2NO2S. The Morgan fingerprint density at radius 2 is 1.77 bits per heavy atom. The van der Waals surface area contributed by atoms with E-state index in [0.717, 1.165) is 23.1 Å². The van der Waals surface area contributed by atoms with Gasteiger partial charge >= 0.3 is 0 Å². The Hall–Kier alpha value is -1.07. The highest BCUT2D eigenvalue weighted by Gasteiger charge is 2.22. The first-order valence-corrected chi connectivity index (χ1v) is 9.33. The van der Waals surface area contributed by atoms with E-state index in [-0.39, 0.29) is 10.9 Å². The van der Waals surface area contributed by atoms with Crippen molar-refractivity contribution in [1.29, 1.82) is 0 Å². The standard InChI is InChI=1S/C16H17Cl2NO2S/c1-2-6-13-15(22(20,21)19-11-17)10-9-14(18)16(13)12-7-4-3-5-8-12/h3-5,7-10,19H,2,6,11H2,1H3. The van der Waals surface area contributed by atoms with Gasteiger partial charge in [0, 0.05) is 10.6 Å². The second-order valence-corrected chi connectivity index (χ2v) is 7.21. The second kappa shape index (κ2) is 7.47. The van der Waals surface area contributed by atoms with Crippen LogP contribution >= 0.6 is 23.2 Å². The van der Waals surface area contributed by atoms with Crippen molar-refractivity contribution in [3.05, 3.63) is 53.1 Å². The third-order valence-electron chi connectivity index (χ3n) is 3.32. The minimum Gasteiger partial charge on any atom is -0.207 e. The van der Waals surface area contributed by atoms with Crippen molar-refractivity contribution in [3.8, 4) is 11.1 Å². The monoisotopic (exact) mass is 357 g/mol. The van der Waals surface area contributed by atoms with Gasteiger partial charge < -0.3 is 0 Å². The van der Waals surface area contributed by atoms with Gasteiger partial charge in [0.25, 0.3) is 0 Å². The average Bonchev–Trinajstić information content (AvgIpc) is 2.48. The molecule has 0 aliphatic rings. The number of hydrogen-bond donors (Lipinski definition) is 1. The van der Waals surface area contributed by atoms with E-state index in [4.69, 9.17) is 23.2 Å². The Morgan fingerprint density at radius 3 is 2.36 bits per heavy atom. The zero-order chi connectivity index (χ0) is 16.2. The number of nitrogens with one attached hydrogen (secondary N) is 1. The molecule has 0 unspecified atom stereocenters. The van der Waals surface area contributed by atoms with Gasteiger partial charge in [-0.3, -0.25) is 0 Å². The number of rotatable bonds is 6. The van der Waals surface area contributed by atoms with Gasteiger partial charge in [-0.2, -0.15) is 4.72 Å². The molecular weight excluding hydrogens is 341 g/mol. The summed E-state index contributed by atoms with van der Waals surface area (Å²) in [4.78, 5) is 0.234. The van der Waals surface area contributed by atoms with Gasteiger partial charge in [0.05, 0.1) is 10.9 Å². The lowest BCUT2D eigenvalue weighted by Gasteiger charge is -2.16. The number of sulfonamides is 1. The van der Waals surface area contributed by atoms with E-state index in [1.165, 1.54) is 6.07 Å². The Bertz CT molecular complexity index is 746. The molecule has 1 N–H and O–H groups in total. The van der Waals surface area contributed by atoms with Crippen molar-refractivity contribution >= 4 is 33.2 Å². The molecule has 2 rings (SSSR count).